The van der Waals surface area contributed by atoms with E-state index in [2.05, 4.69) is 6.58 Å². The van der Waals surface area contributed by atoms with Crippen LogP contribution < -0.4 is 10.2 Å². The Morgan fingerprint density at radius 3 is 2.50 bits per heavy atom. The number of hydrogen-bond donors (Lipinski definition) is 0. The van der Waals surface area contributed by atoms with Crippen molar-refractivity contribution in [1.82, 2.24) is 9.47 Å². The van der Waals surface area contributed by atoms with Crippen LogP contribution in [0.5, 0.6) is 5.75 Å². The molecule has 0 radical (unpaired) electrons. The third-order valence-electron chi connectivity index (χ3n) is 6.88. The Hall–Kier alpha value is -4.14. The Labute approximate surface area is 231 Å². The van der Waals surface area contributed by atoms with E-state index in [0.29, 0.717) is 13.0 Å². The number of aromatic nitrogens is 1. The van der Waals surface area contributed by atoms with Crippen LogP contribution in [-0.4, -0.2) is 46.3 Å². The molecule has 1 amide bonds. The van der Waals surface area contributed by atoms with Crippen molar-refractivity contribution in [2.45, 2.75) is 64.3 Å². The minimum atomic E-state index is -0.741. The number of halogens is 1. The Bertz CT molecular complexity index is 1520. The third kappa shape index (κ3) is 5.88. The zero-order chi connectivity index (χ0) is 28.6. The first-order valence-electron chi connectivity index (χ1n) is 13.4. The van der Waals surface area contributed by atoms with Crippen LogP contribution in [0.1, 0.15) is 62.0 Å². The number of ether oxygens (including phenoxy) is 3. The van der Waals surface area contributed by atoms with Gasteiger partial charge in [0.1, 0.15) is 24.4 Å². The SMILES string of the molecule is C=C1CC(COc2c(F)ccc3c(=O)c(C(=O)OCc4ccccc4)cn(C4CC4)c23)N(C(=O)OC(C)(C)C)C1. The van der Waals surface area contributed by atoms with Gasteiger partial charge in [-0.15, -0.1) is 0 Å². The lowest BCUT2D eigenvalue weighted by atomic mass is 10.1. The summed E-state index contributed by atoms with van der Waals surface area (Å²) in [6.07, 6.45) is 3.08. The molecule has 1 unspecified atom stereocenters. The maximum atomic E-state index is 15.3. The molecule has 2 heterocycles. The first kappa shape index (κ1) is 27.4. The second-order valence-electron chi connectivity index (χ2n) is 11.4. The number of esters is 1. The van der Waals surface area contributed by atoms with Crippen LogP contribution in [0.2, 0.25) is 0 Å². The normalized spacial score (nSPS) is 17.2. The van der Waals surface area contributed by atoms with Crippen molar-refractivity contribution in [3.8, 4) is 5.75 Å². The number of carbonyl (C=O) groups excluding carboxylic acids is 2. The van der Waals surface area contributed by atoms with Crippen molar-refractivity contribution >= 4 is 23.0 Å². The lowest BCUT2D eigenvalue weighted by molar-refractivity contribution is 0.0189. The molecular weight excluding hydrogens is 515 g/mol. The van der Waals surface area contributed by atoms with E-state index in [1.54, 1.807) is 25.3 Å². The summed E-state index contributed by atoms with van der Waals surface area (Å²) in [6, 6.07) is 11.3. The smallest absolute Gasteiger partial charge is 0.410 e. The van der Waals surface area contributed by atoms with Gasteiger partial charge >= 0.3 is 12.1 Å². The van der Waals surface area contributed by atoms with Gasteiger partial charge in [-0.3, -0.25) is 9.69 Å². The predicted molar refractivity (Wildman–Crippen MR) is 148 cm³/mol. The number of rotatable bonds is 7. The van der Waals surface area contributed by atoms with Gasteiger partial charge in [0.25, 0.3) is 0 Å². The fraction of sp³-hybridized carbons (Fsp3) is 0.387. The number of amides is 1. The second-order valence-corrected chi connectivity index (χ2v) is 11.4. The van der Waals surface area contributed by atoms with E-state index in [9.17, 15) is 14.4 Å². The fourth-order valence-electron chi connectivity index (χ4n) is 4.86. The second kappa shape index (κ2) is 10.8. The van der Waals surface area contributed by atoms with Gasteiger partial charge in [-0.2, -0.15) is 0 Å². The van der Waals surface area contributed by atoms with Gasteiger partial charge in [-0.05, 0) is 57.7 Å². The molecule has 2 aromatic carbocycles. The summed E-state index contributed by atoms with van der Waals surface area (Å²) >= 11 is 0. The first-order valence-corrected chi connectivity index (χ1v) is 13.4. The van der Waals surface area contributed by atoms with E-state index in [4.69, 9.17) is 14.2 Å². The first-order chi connectivity index (χ1) is 19.0. The van der Waals surface area contributed by atoms with Crippen molar-refractivity contribution in [3.05, 3.63) is 88.0 Å². The molecule has 1 saturated heterocycles. The summed E-state index contributed by atoms with van der Waals surface area (Å²) < 4.78 is 34.0. The zero-order valence-electron chi connectivity index (χ0n) is 22.9. The molecule has 210 valence electrons. The van der Waals surface area contributed by atoms with Gasteiger partial charge < -0.3 is 18.8 Å². The Morgan fingerprint density at radius 1 is 1.10 bits per heavy atom. The van der Waals surface area contributed by atoms with E-state index in [0.717, 1.165) is 30.0 Å². The molecule has 8 nitrogen and oxygen atoms in total. The topological polar surface area (TPSA) is 87.1 Å². The van der Waals surface area contributed by atoms with E-state index in [-0.39, 0.29) is 41.5 Å². The predicted octanol–water partition coefficient (Wildman–Crippen LogP) is 5.78. The van der Waals surface area contributed by atoms with Crippen LogP contribution in [0.4, 0.5) is 9.18 Å². The van der Waals surface area contributed by atoms with Crippen molar-refractivity contribution in [1.29, 1.82) is 0 Å². The molecule has 1 aliphatic carbocycles. The number of fused-ring (bicyclic) bond motifs is 1. The summed E-state index contributed by atoms with van der Waals surface area (Å²) in [7, 11) is 0. The number of hydrogen-bond acceptors (Lipinski definition) is 6. The van der Waals surface area contributed by atoms with Crippen molar-refractivity contribution in [2.75, 3.05) is 13.2 Å². The fourth-order valence-corrected chi connectivity index (χ4v) is 4.86. The molecule has 1 aromatic heterocycles. The minimum absolute atomic E-state index is 0.00237. The third-order valence-corrected chi connectivity index (χ3v) is 6.88. The van der Waals surface area contributed by atoms with Gasteiger partial charge in [0, 0.05) is 18.8 Å². The van der Waals surface area contributed by atoms with Crippen molar-refractivity contribution in [2.24, 2.45) is 0 Å². The van der Waals surface area contributed by atoms with Gasteiger partial charge in [-0.25, -0.2) is 14.0 Å². The van der Waals surface area contributed by atoms with Gasteiger partial charge in [0.2, 0.25) is 5.43 Å². The summed E-state index contributed by atoms with van der Waals surface area (Å²) in [5, 5.41) is 0.164. The van der Waals surface area contributed by atoms with Crippen molar-refractivity contribution < 1.29 is 28.2 Å². The van der Waals surface area contributed by atoms with E-state index in [1.807, 2.05) is 30.3 Å². The van der Waals surface area contributed by atoms with Gasteiger partial charge in [0.15, 0.2) is 11.6 Å². The molecule has 0 spiro atoms. The summed E-state index contributed by atoms with van der Waals surface area (Å²) in [5.74, 6) is -1.47. The molecule has 2 fully saturated rings. The van der Waals surface area contributed by atoms with Crippen LogP contribution in [0.3, 0.4) is 0 Å². The maximum Gasteiger partial charge on any atom is 0.410 e. The van der Waals surface area contributed by atoms with E-state index < -0.39 is 35.0 Å². The van der Waals surface area contributed by atoms with E-state index >= 15 is 4.39 Å². The quantitative estimate of drug-likeness (QED) is 0.275. The number of pyridine rings is 1. The van der Waals surface area contributed by atoms with Gasteiger partial charge in [-0.1, -0.05) is 42.5 Å². The van der Waals surface area contributed by atoms with Crippen LogP contribution in [0.25, 0.3) is 10.9 Å². The molecule has 1 atom stereocenters. The molecule has 0 N–H and O–H groups in total. The zero-order valence-corrected chi connectivity index (χ0v) is 22.9. The van der Waals surface area contributed by atoms with Crippen LogP contribution in [-0.2, 0) is 16.1 Å². The summed E-state index contributed by atoms with van der Waals surface area (Å²) in [4.78, 5) is 40.7. The highest BCUT2D eigenvalue weighted by Gasteiger charge is 2.35. The highest BCUT2D eigenvalue weighted by molar-refractivity contribution is 5.95. The van der Waals surface area contributed by atoms with Crippen LogP contribution in [0.15, 0.2) is 65.6 Å². The standard InChI is InChI=1S/C31H33FN2O6/c1-19-14-22(34(15-19)30(37)40-31(2,3)4)18-38-28-25(32)13-12-23-26(28)33(21-10-11-21)16-24(27(23)35)29(36)39-17-20-8-6-5-7-9-20/h5-9,12-13,16,21-22H,1,10-11,14-15,17-18H2,2-4H3. The van der Waals surface area contributed by atoms with Gasteiger partial charge in [0.05, 0.1) is 16.9 Å². The molecule has 0 bridgehead atoms. The largest absolute Gasteiger partial charge is 0.486 e. The minimum Gasteiger partial charge on any atom is -0.486 e. The number of nitrogens with zero attached hydrogens (tertiary/aromatic N) is 2. The highest BCUT2D eigenvalue weighted by Crippen LogP contribution is 2.40. The molecular formula is C31H33FN2O6. The highest BCUT2D eigenvalue weighted by atomic mass is 19.1. The average molecular weight is 549 g/mol. The molecule has 2 aliphatic rings. The Morgan fingerprint density at radius 2 is 1.82 bits per heavy atom. The number of carbonyl (C=O) groups is 2. The molecule has 1 aliphatic heterocycles. The Balaban J connectivity index is 1.44. The number of benzene rings is 2. The average Bonchev–Trinajstić information content (AvgIpc) is 3.67. The molecule has 9 heteroatoms. The van der Waals surface area contributed by atoms with Crippen LogP contribution in [0, 0.1) is 5.82 Å². The van der Waals surface area contributed by atoms with E-state index in [1.165, 1.54) is 17.2 Å². The van der Waals surface area contributed by atoms with Crippen LogP contribution >= 0.6 is 0 Å². The maximum absolute atomic E-state index is 15.3. The monoisotopic (exact) mass is 548 g/mol. The molecule has 3 aromatic rings. The lowest BCUT2D eigenvalue weighted by Gasteiger charge is -2.28. The molecule has 1 saturated carbocycles. The molecule has 40 heavy (non-hydrogen) atoms. The molecule has 5 rings (SSSR count). The van der Waals surface area contributed by atoms with Crippen molar-refractivity contribution in [3.63, 3.8) is 0 Å². The Kier molecular flexibility index (Phi) is 7.40. The number of likely N-dealkylation sites (tertiary alicyclic amines) is 1. The lowest BCUT2D eigenvalue weighted by Crippen LogP contribution is -2.42. The summed E-state index contributed by atoms with van der Waals surface area (Å²) in [5.41, 5.74) is 0.579. The summed E-state index contributed by atoms with van der Waals surface area (Å²) in [6.45, 7) is 9.70.